The van der Waals surface area contributed by atoms with Crippen LogP contribution in [0.1, 0.15) is 71.1 Å². The number of fused-ring (bicyclic) bond motifs is 2. The van der Waals surface area contributed by atoms with Gasteiger partial charge in [-0.3, -0.25) is 0 Å². The second-order valence-corrected chi connectivity index (χ2v) is 7.56. The van der Waals surface area contributed by atoms with Crippen LogP contribution in [0.25, 0.3) is 0 Å². The molecule has 2 N–H and O–H groups in total. The summed E-state index contributed by atoms with van der Waals surface area (Å²) in [5, 5.41) is 0. The van der Waals surface area contributed by atoms with E-state index in [1.807, 2.05) is 0 Å². The highest BCUT2D eigenvalue weighted by molar-refractivity contribution is 4.93. The van der Waals surface area contributed by atoms with E-state index in [1.54, 1.807) is 12.8 Å². The molecule has 0 spiro atoms. The van der Waals surface area contributed by atoms with Crippen LogP contribution >= 0.6 is 0 Å². The van der Waals surface area contributed by atoms with Gasteiger partial charge in [0, 0.05) is 6.04 Å². The monoisotopic (exact) mass is 249 g/mol. The van der Waals surface area contributed by atoms with Crippen molar-refractivity contribution in [1.29, 1.82) is 0 Å². The van der Waals surface area contributed by atoms with Crippen LogP contribution < -0.4 is 5.73 Å². The zero-order valence-electron chi connectivity index (χ0n) is 12.1. The van der Waals surface area contributed by atoms with Crippen molar-refractivity contribution in [3.63, 3.8) is 0 Å². The maximum absolute atomic E-state index is 6.41. The summed E-state index contributed by atoms with van der Waals surface area (Å²) in [6, 6.07) is 0.525. The average molecular weight is 249 g/mol. The summed E-state index contributed by atoms with van der Waals surface area (Å²) in [4.78, 5) is 0. The second-order valence-electron chi connectivity index (χ2n) is 7.56. The van der Waals surface area contributed by atoms with Gasteiger partial charge in [-0.2, -0.15) is 0 Å². The molecule has 3 aliphatic rings. The lowest BCUT2D eigenvalue weighted by Crippen LogP contribution is -2.37. The molecule has 0 heterocycles. The molecule has 6 atom stereocenters. The highest BCUT2D eigenvalue weighted by Gasteiger charge is 2.41. The molecule has 0 aromatic heterocycles. The Morgan fingerprint density at radius 1 is 0.944 bits per heavy atom. The third-order valence-electron chi connectivity index (χ3n) is 6.34. The first-order valence-corrected chi connectivity index (χ1v) is 8.51. The van der Waals surface area contributed by atoms with E-state index in [1.165, 1.54) is 51.4 Å². The van der Waals surface area contributed by atoms with E-state index >= 15 is 0 Å². The van der Waals surface area contributed by atoms with E-state index in [-0.39, 0.29) is 0 Å². The average Bonchev–Trinajstić information content (AvgIpc) is 2.96. The van der Waals surface area contributed by atoms with Gasteiger partial charge in [-0.15, -0.1) is 0 Å². The van der Waals surface area contributed by atoms with Crippen LogP contribution in [-0.4, -0.2) is 6.04 Å². The lowest BCUT2D eigenvalue weighted by molar-refractivity contribution is 0.168. The molecule has 1 heteroatoms. The standard InChI is InChI=1S/C17H31N/c1-2-3-12-5-7-17(18)16(8-12)11-15-10-13-4-6-14(15)9-13/h12-17H,2-11,18H2,1H3. The maximum atomic E-state index is 6.41. The molecule has 2 bridgehead atoms. The Hall–Kier alpha value is -0.0400. The molecule has 0 aliphatic heterocycles. The smallest absolute Gasteiger partial charge is 0.00674 e. The van der Waals surface area contributed by atoms with E-state index in [0.717, 1.165) is 29.6 Å². The van der Waals surface area contributed by atoms with E-state index in [2.05, 4.69) is 6.92 Å². The van der Waals surface area contributed by atoms with Crippen LogP contribution in [0, 0.1) is 29.6 Å². The first-order chi connectivity index (χ1) is 8.76. The fourth-order valence-corrected chi connectivity index (χ4v) is 5.38. The van der Waals surface area contributed by atoms with Gasteiger partial charge in [0.05, 0.1) is 0 Å². The summed E-state index contributed by atoms with van der Waals surface area (Å²) in [7, 11) is 0. The molecule has 6 unspecified atom stereocenters. The lowest BCUT2D eigenvalue weighted by atomic mass is 9.71. The molecule has 3 rings (SSSR count). The van der Waals surface area contributed by atoms with Gasteiger partial charge in [-0.05, 0) is 74.5 Å². The van der Waals surface area contributed by atoms with Gasteiger partial charge in [0.15, 0.2) is 0 Å². The minimum atomic E-state index is 0.525. The molecule has 104 valence electrons. The Labute approximate surface area is 113 Å². The quantitative estimate of drug-likeness (QED) is 0.787. The highest BCUT2D eigenvalue weighted by atomic mass is 14.7. The van der Waals surface area contributed by atoms with Gasteiger partial charge in [0.1, 0.15) is 0 Å². The van der Waals surface area contributed by atoms with Gasteiger partial charge in [-0.25, -0.2) is 0 Å². The zero-order valence-corrected chi connectivity index (χ0v) is 12.1. The molecule has 0 saturated heterocycles. The Balaban J connectivity index is 1.54. The van der Waals surface area contributed by atoms with Crippen molar-refractivity contribution in [1.82, 2.24) is 0 Å². The summed E-state index contributed by atoms with van der Waals surface area (Å²) in [6.07, 6.45) is 14.6. The number of rotatable bonds is 4. The van der Waals surface area contributed by atoms with Crippen molar-refractivity contribution in [2.24, 2.45) is 35.3 Å². The summed E-state index contributed by atoms with van der Waals surface area (Å²) in [5.74, 6) is 5.11. The predicted octanol–water partition coefficient (Wildman–Crippen LogP) is 4.36. The van der Waals surface area contributed by atoms with Crippen molar-refractivity contribution >= 4 is 0 Å². The molecule has 0 amide bonds. The molecule has 0 radical (unpaired) electrons. The molecule has 3 saturated carbocycles. The van der Waals surface area contributed by atoms with Crippen molar-refractivity contribution < 1.29 is 0 Å². The third-order valence-corrected chi connectivity index (χ3v) is 6.34. The number of hydrogen-bond acceptors (Lipinski definition) is 1. The molecule has 1 nitrogen and oxygen atoms in total. The summed E-state index contributed by atoms with van der Waals surface area (Å²) >= 11 is 0. The second kappa shape index (κ2) is 5.53. The van der Waals surface area contributed by atoms with Crippen molar-refractivity contribution in [2.45, 2.75) is 77.2 Å². The Morgan fingerprint density at radius 3 is 2.50 bits per heavy atom. The predicted molar refractivity (Wildman–Crippen MR) is 77.3 cm³/mol. The fourth-order valence-electron chi connectivity index (χ4n) is 5.38. The number of nitrogens with two attached hydrogens (primary N) is 1. The molecule has 18 heavy (non-hydrogen) atoms. The molecule has 3 fully saturated rings. The van der Waals surface area contributed by atoms with E-state index in [0.29, 0.717) is 6.04 Å². The normalized spacial score (nSPS) is 47.7. The van der Waals surface area contributed by atoms with Gasteiger partial charge >= 0.3 is 0 Å². The Bertz CT molecular complexity index is 275. The molecular weight excluding hydrogens is 218 g/mol. The molecule has 3 aliphatic carbocycles. The number of hydrogen-bond donors (Lipinski definition) is 1. The largest absolute Gasteiger partial charge is 0.327 e. The molecule has 0 aromatic carbocycles. The fraction of sp³-hybridized carbons (Fsp3) is 1.00. The summed E-state index contributed by atoms with van der Waals surface area (Å²) < 4.78 is 0. The Kier molecular flexibility index (Phi) is 3.98. The van der Waals surface area contributed by atoms with E-state index in [9.17, 15) is 0 Å². The van der Waals surface area contributed by atoms with Gasteiger partial charge in [-0.1, -0.05) is 26.2 Å². The SMILES string of the molecule is CCCC1CCC(N)C(CC2CC3CCC2C3)C1. The van der Waals surface area contributed by atoms with Crippen molar-refractivity contribution in [2.75, 3.05) is 0 Å². The van der Waals surface area contributed by atoms with Gasteiger partial charge in [0.25, 0.3) is 0 Å². The topological polar surface area (TPSA) is 26.0 Å². The van der Waals surface area contributed by atoms with Gasteiger partial charge < -0.3 is 5.73 Å². The molecule has 0 aromatic rings. The molecular formula is C17H31N. The van der Waals surface area contributed by atoms with Crippen LogP contribution in [0.5, 0.6) is 0 Å². The van der Waals surface area contributed by atoms with Crippen LogP contribution in [-0.2, 0) is 0 Å². The summed E-state index contributed by atoms with van der Waals surface area (Å²) in [6.45, 7) is 2.33. The van der Waals surface area contributed by atoms with Crippen LogP contribution in [0.4, 0.5) is 0 Å². The van der Waals surface area contributed by atoms with Crippen molar-refractivity contribution in [3.05, 3.63) is 0 Å². The highest BCUT2D eigenvalue weighted by Crippen LogP contribution is 2.51. The first kappa shape index (κ1) is 13.0. The third kappa shape index (κ3) is 2.61. The summed E-state index contributed by atoms with van der Waals surface area (Å²) in [5.41, 5.74) is 6.41. The Morgan fingerprint density at radius 2 is 1.83 bits per heavy atom. The minimum absolute atomic E-state index is 0.525. The first-order valence-electron chi connectivity index (χ1n) is 8.51. The van der Waals surface area contributed by atoms with E-state index < -0.39 is 0 Å². The lowest BCUT2D eigenvalue weighted by Gasteiger charge is -2.37. The van der Waals surface area contributed by atoms with E-state index in [4.69, 9.17) is 5.73 Å². The van der Waals surface area contributed by atoms with Crippen molar-refractivity contribution in [3.8, 4) is 0 Å². The van der Waals surface area contributed by atoms with Crippen LogP contribution in [0.2, 0.25) is 0 Å². The maximum Gasteiger partial charge on any atom is 0.00674 e. The zero-order chi connectivity index (χ0) is 12.5. The van der Waals surface area contributed by atoms with Gasteiger partial charge in [0.2, 0.25) is 0 Å². The minimum Gasteiger partial charge on any atom is -0.327 e. The van der Waals surface area contributed by atoms with Crippen LogP contribution in [0.3, 0.4) is 0 Å². The van der Waals surface area contributed by atoms with Crippen LogP contribution in [0.15, 0.2) is 0 Å².